The standard InChI is InChI=1S/C18H21ClFN3OS/c1-22-7-9-23(10-8-22)15(16-6-3-11-25-16)12-21-18(24)17-13(19)4-2-5-14(17)20/h2-6,11,15H,7-10,12H2,1H3,(H,21,24). The Balaban J connectivity index is 1.72. The summed E-state index contributed by atoms with van der Waals surface area (Å²) in [5.74, 6) is -1.07. The monoisotopic (exact) mass is 381 g/mol. The van der Waals surface area contributed by atoms with Crippen molar-refractivity contribution in [3.63, 3.8) is 0 Å². The summed E-state index contributed by atoms with van der Waals surface area (Å²) in [4.78, 5) is 18.3. The minimum Gasteiger partial charge on any atom is -0.350 e. The number of nitrogens with one attached hydrogen (secondary N) is 1. The normalized spacial score (nSPS) is 17.4. The second kappa shape index (κ2) is 8.27. The lowest BCUT2D eigenvalue weighted by molar-refractivity contribution is 0.0887. The Morgan fingerprint density at radius 3 is 2.68 bits per heavy atom. The van der Waals surface area contributed by atoms with E-state index in [2.05, 4.69) is 28.2 Å². The number of thiophene rings is 1. The lowest BCUT2D eigenvalue weighted by Crippen LogP contribution is -2.48. The molecule has 1 N–H and O–H groups in total. The molecule has 4 nitrogen and oxygen atoms in total. The molecule has 3 rings (SSSR count). The van der Waals surface area contributed by atoms with Gasteiger partial charge in [-0.05, 0) is 30.6 Å². The molecule has 134 valence electrons. The molecule has 1 aliphatic heterocycles. The highest BCUT2D eigenvalue weighted by molar-refractivity contribution is 7.10. The van der Waals surface area contributed by atoms with E-state index in [1.165, 1.54) is 23.1 Å². The number of amides is 1. The summed E-state index contributed by atoms with van der Waals surface area (Å²) in [5, 5.41) is 5.03. The summed E-state index contributed by atoms with van der Waals surface area (Å²) in [5.41, 5.74) is -0.0903. The highest BCUT2D eigenvalue weighted by atomic mass is 35.5. The molecular weight excluding hydrogens is 361 g/mol. The van der Waals surface area contributed by atoms with Crippen molar-refractivity contribution in [2.75, 3.05) is 39.8 Å². The number of nitrogens with zero attached hydrogens (tertiary/aromatic N) is 2. The topological polar surface area (TPSA) is 35.6 Å². The maximum atomic E-state index is 13.9. The molecule has 0 radical (unpaired) electrons. The van der Waals surface area contributed by atoms with Gasteiger partial charge in [0, 0.05) is 37.6 Å². The molecule has 0 saturated carbocycles. The predicted octanol–water partition coefficient (Wildman–Crippen LogP) is 3.26. The molecule has 7 heteroatoms. The quantitative estimate of drug-likeness (QED) is 0.863. The van der Waals surface area contributed by atoms with Gasteiger partial charge in [-0.1, -0.05) is 23.7 Å². The first-order valence-electron chi connectivity index (χ1n) is 8.24. The molecule has 1 aromatic heterocycles. The Hall–Kier alpha value is -1.47. The van der Waals surface area contributed by atoms with Crippen LogP contribution in [0.15, 0.2) is 35.7 Å². The third-order valence-corrected chi connectivity index (χ3v) is 5.78. The zero-order valence-electron chi connectivity index (χ0n) is 14.0. The van der Waals surface area contributed by atoms with Crippen molar-refractivity contribution in [2.45, 2.75) is 6.04 Å². The van der Waals surface area contributed by atoms with Crippen molar-refractivity contribution in [2.24, 2.45) is 0 Å². The minimum absolute atomic E-state index is 0.0863. The smallest absolute Gasteiger partial charge is 0.255 e. The second-order valence-electron chi connectivity index (χ2n) is 6.18. The Morgan fingerprint density at radius 2 is 2.04 bits per heavy atom. The first kappa shape index (κ1) is 18.3. The predicted molar refractivity (Wildman–Crippen MR) is 99.9 cm³/mol. The Kier molecular flexibility index (Phi) is 6.06. The van der Waals surface area contributed by atoms with Crippen molar-refractivity contribution in [3.05, 3.63) is 57.0 Å². The molecule has 0 bridgehead atoms. The van der Waals surface area contributed by atoms with Crippen LogP contribution in [0, 0.1) is 5.82 Å². The van der Waals surface area contributed by atoms with Crippen molar-refractivity contribution in [1.29, 1.82) is 0 Å². The van der Waals surface area contributed by atoms with Crippen molar-refractivity contribution in [1.82, 2.24) is 15.1 Å². The highest BCUT2D eigenvalue weighted by Crippen LogP contribution is 2.26. The fraction of sp³-hybridized carbons (Fsp3) is 0.389. The summed E-state index contributed by atoms with van der Waals surface area (Å²) in [6.45, 7) is 4.29. The number of rotatable bonds is 5. The summed E-state index contributed by atoms with van der Waals surface area (Å²) in [6, 6.07) is 8.44. The Labute approximate surface area is 156 Å². The van der Waals surface area contributed by atoms with Gasteiger partial charge in [-0.25, -0.2) is 4.39 Å². The van der Waals surface area contributed by atoms with Crippen LogP contribution in [0.2, 0.25) is 5.02 Å². The molecule has 1 atom stereocenters. The highest BCUT2D eigenvalue weighted by Gasteiger charge is 2.26. The van der Waals surface area contributed by atoms with E-state index in [1.807, 2.05) is 11.4 Å². The van der Waals surface area contributed by atoms with E-state index >= 15 is 0 Å². The third kappa shape index (κ3) is 4.39. The van der Waals surface area contributed by atoms with Gasteiger partial charge in [-0.15, -0.1) is 11.3 Å². The number of carbonyl (C=O) groups excluding carboxylic acids is 1. The average Bonchev–Trinajstić information content (AvgIpc) is 3.11. The van der Waals surface area contributed by atoms with Crippen LogP contribution in [0.5, 0.6) is 0 Å². The lowest BCUT2D eigenvalue weighted by Gasteiger charge is -2.37. The van der Waals surface area contributed by atoms with Crippen LogP contribution >= 0.6 is 22.9 Å². The molecule has 2 heterocycles. The summed E-state index contributed by atoms with van der Waals surface area (Å²) >= 11 is 7.66. The molecular formula is C18H21ClFN3OS. The van der Waals surface area contributed by atoms with Crippen LogP contribution in [0.25, 0.3) is 0 Å². The third-order valence-electron chi connectivity index (χ3n) is 4.50. The Morgan fingerprint density at radius 1 is 1.28 bits per heavy atom. The van der Waals surface area contributed by atoms with E-state index in [4.69, 9.17) is 11.6 Å². The first-order valence-corrected chi connectivity index (χ1v) is 9.50. The van der Waals surface area contributed by atoms with Crippen LogP contribution in [0.1, 0.15) is 21.3 Å². The number of carbonyl (C=O) groups is 1. The van der Waals surface area contributed by atoms with E-state index in [0.29, 0.717) is 6.54 Å². The number of hydrogen-bond acceptors (Lipinski definition) is 4. The summed E-state index contributed by atoms with van der Waals surface area (Å²) < 4.78 is 13.9. The van der Waals surface area contributed by atoms with Crippen molar-refractivity contribution in [3.8, 4) is 0 Å². The number of benzene rings is 1. The number of likely N-dealkylation sites (N-methyl/N-ethyl adjacent to an activating group) is 1. The van der Waals surface area contributed by atoms with Gasteiger partial charge in [0.15, 0.2) is 0 Å². The van der Waals surface area contributed by atoms with Crippen molar-refractivity contribution < 1.29 is 9.18 Å². The van der Waals surface area contributed by atoms with E-state index < -0.39 is 11.7 Å². The van der Waals surface area contributed by atoms with Gasteiger partial charge >= 0.3 is 0 Å². The Bertz CT molecular complexity index is 697. The van der Waals surface area contributed by atoms with Crippen LogP contribution < -0.4 is 5.32 Å². The number of hydrogen-bond donors (Lipinski definition) is 1. The van der Waals surface area contributed by atoms with Crippen LogP contribution in [-0.2, 0) is 0 Å². The van der Waals surface area contributed by atoms with Gasteiger partial charge in [0.25, 0.3) is 5.91 Å². The molecule has 1 amide bonds. The number of piperazine rings is 1. The first-order chi connectivity index (χ1) is 12.1. The molecule has 1 fully saturated rings. The molecule has 1 saturated heterocycles. The van der Waals surface area contributed by atoms with Gasteiger partial charge in [0.1, 0.15) is 5.82 Å². The maximum Gasteiger partial charge on any atom is 0.255 e. The van der Waals surface area contributed by atoms with Gasteiger partial charge < -0.3 is 10.2 Å². The molecule has 1 unspecified atom stereocenters. The van der Waals surface area contributed by atoms with E-state index in [-0.39, 0.29) is 16.6 Å². The molecule has 1 aliphatic rings. The lowest BCUT2D eigenvalue weighted by atomic mass is 10.1. The molecule has 0 aliphatic carbocycles. The van der Waals surface area contributed by atoms with Gasteiger partial charge in [0.05, 0.1) is 16.6 Å². The van der Waals surface area contributed by atoms with Crippen LogP contribution in [-0.4, -0.2) is 55.5 Å². The SMILES string of the molecule is CN1CCN(C(CNC(=O)c2c(F)cccc2Cl)c2cccs2)CC1. The minimum atomic E-state index is -0.600. The fourth-order valence-corrected chi connectivity index (χ4v) is 4.13. The zero-order valence-corrected chi connectivity index (χ0v) is 15.6. The fourth-order valence-electron chi connectivity index (χ4n) is 3.02. The van der Waals surface area contributed by atoms with Crippen LogP contribution in [0.4, 0.5) is 4.39 Å². The van der Waals surface area contributed by atoms with E-state index in [1.54, 1.807) is 11.3 Å². The van der Waals surface area contributed by atoms with Crippen LogP contribution in [0.3, 0.4) is 0 Å². The summed E-state index contributed by atoms with van der Waals surface area (Å²) in [7, 11) is 2.11. The maximum absolute atomic E-state index is 13.9. The summed E-state index contributed by atoms with van der Waals surface area (Å²) in [6.07, 6.45) is 0. The number of halogens is 2. The van der Waals surface area contributed by atoms with E-state index in [9.17, 15) is 9.18 Å². The van der Waals surface area contributed by atoms with Gasteiger partial charge in [-0.2, -0.15) is 0 Å². The van der Waals surface area contributed by atoms with E-state index in [0.717, 1.165) is 26.2 Å². The zero-order chi connectivity index (χ0) is 17.8. The molecule has 25 heavy (non-hydrogen) atoms. The second-order valence-corrected chi connectivity index (χ2v) is 7.56. The van der Waals surface area contributed by atoms with Crippen molar-refractivity contribution >= 4 is 28.8 Å². The largest absolute Gasteiger partial charge is 0.350 e. The molecule has 0 spiro atoms. The van der Waals surface area contributed by atoms with Gasteiger partial charge in [0.2, 0.25) is 0 Å². The molecule has 2 aromatic rings. The molecule has 1 aromatic carbocycles. The van der Waals surface area contributed by atoms with Gasteiger partial charge in [-0.3, -0.25) is 9.69 Å². The average molecular weight is 382 g/mol.